The van der Waals surface area contributed by atoms with Gasteiger partial charge in [-0.3, -0.25) is 0 Å². The van der Waals surface area contributed by atoms with E-state index in [4.69, 9.17) is 17.7 Å². The monoisotopic (exact) mass is 388 g/mol. The van der Waals surface area contributed by atoms with Crippen molar-refractivity contribution in [2.75, 3.05) is 26.4 Å². The molecule has 0 aliphatic heterocycles. The van der Waals surface area contributed by atoms with Crippen LogP contribution in [-0.4, -0.2) is 43.5 Å². The maximum Gasteiger partial charge on any atom is 0.364 e. The molecule has 0 atom stereocenters. The summed E-state index contributed by atoms with van der Waals surface area (Å²) in [5.41, 5.74) is 3.88. The van der Waals surface area contributed by atoms with Crippen molar-refractivity contribution in [1.82, 2.24) is 0 Å². The molecule has 0 aliphatic carbocycles. The molecule has 0 aromatic carbocycles. The van der Waals surface area contributed by atoms with E-state index in [0.29, 0.717) is 0 Å². The molecular formula is C19H40O4Si2. The maximum absolute atomic E-state index is 6.15. The lowest BCUT2D eigenvalue weighted by Crippen LogP contribution is -2.44. The summed E-state index contributed by atoms with van der Waals surface area (Å²) in [4.78, 5) is 0. The van der Waals surface area contributed by atoms with Crippen molar-refractivity contribution in [3.63, 3.8) is 0 Å². The third-order valence-electron chi connectivity index (χ3n) is 3.87. The van der Waals surface area contributed by atoms with Crippen LogP contribution in [0.1, 0.15) is 59.8 Å². The molecule has 0 radical (unpaired) electrons. The third-order valence-corrected chi connectivity index (χ3v) is 9.99. The van der Waals surface area contributed by atoms with Gasteiger partial charge in [-0.05, 0) is 55.6 Å². The van der Waals surface area contributed by atoms with Gasteiger partial charge >= 0.3 is 17.1 Å². The van der Waals surface area contributed by atoms with Gasteiger partial charge in [0.1, 0.15) is 0 Å². The normalized spacial score (nSPS) is 12.3. The Morgan fingerprint density at radius 2 is 0.880 bits per heavy atom. The van der Waals surface area contributed by atoms with E-state index in [-0.39, 0.29) is 0 Å². The lowest BCUT2D eigenvalue weighted by Gasteiger charge is -2.31. The van der Waals surface area contributed by atoms with E-state index in [1.807, 2.05) is 11.4 Å². The first-order valence-corrected chi connectivity index (χ1v) is 14.1. The first-order chi connectivity index (χ1) is 12.1. The predicted molar refractivity (Wildman–Crippen MR) is 111 cm³/mol. The van der Waals surface area contributed by atoms with Crippen LogP contribution in [-0.2, 0) is 17.7 Å². The Kier molecular flexibility index (Phi) is 14.7. The lowest BCUT2D eigenvalue weighted by atomic mass is 10.5. The van der Waals surface area contributed by atoms with Gasteiger partial charge in [0, 0.05) is 26.4 Å². The Bertz CT molecular complexity index is 302. The second-order valence-electron chi connectivity index (χ2n) is 6.28. The molecule has 0 aliphatic rings. The fraction of sp³-hybridized carbons (Fsp3) is 0.789. The highest BCUT2D eigenvalue weighted by molar-refractivity contribution is 6.74. The molecule has 4 nitrogen and oxygen atoms in total. The molecule has 0 saturated heterocycles. The largest absolute Gasteiger partial charge is 0.391 e. The Labute approximate surface area is 158 Å². The van der Waals surface area contributed by atoms with Gasteiger partial charge in [-0.1, -0.05) is 27.7 Å². The molecule has 0 aromatic rings. The summed E-state index contributed by atoms with van der Waals surface area (Å²) in [6.45, 7) is 19.4. The summed E-state index contributed by atoms with van der Waals surface area (Å²) >= 11 is 0. The summed E-state index contributed by atoms with van der Waals surface area (Å²) < 4.78 is 24.6. The van der Waals surface area contributed by atoms with E-state index in [2.05, 4.69) is 40.9 Å². The van der Waals surface area contributed by atoms with Gasteiger partial charge in [-0.15, -0.1) is 13.2 Å². The predicted octanol–water partition coefficient (Wildman–Crippen LogP) is 5.42. The third kappa shape index (κ3) is 9.87. The highest BCUT2D eigenvalue weighted by Gasteiger charge is 2.38. The van der Waals surface area contributed by atoms with Gasteiger partial charge in [-0.2, -0.15) is 0 Å². The highest BCUT2D eigenvalue weighted by Crippen LogP contribution is 2.25. The SMILES string of the molecule is C=C[Si](CCC[Si](C=C)(OCCC)OCCC)(OCCC)OCCC. The molecule has 0 heterocycles. The molecule has 0 bridgehead atoms. The molecule has 0 saturated carbocycles. The summed E-state index contributed by atoms with van der Waals surface area (Å²) in [5.74, 6) is 0. The van der Waals surface area contributed by atoms with Gasteiger partial charge in [0.25, 0.3) is 0 Å². The standard InChI is InChI=1S/C19H40O4Si2/c1-7-14-20-24(11-5,21-15-8-2)18-13-19-25(12-6,22-16-9-3)23-17-10-4/h11-12H,5-10,13-19H2,1-4H3. The highest BCUT2D eigenvalue weighted by atomic mass is 28.4. The van der Waals surface area contributed by atoms with Gasteiger partial charge in [-0.25, -0.2) is 0 Å². The molecule has 6 heteroatoms. The average molecular weight is 389 g/mol. The lowest BCUT2D eigenvalue weighted by molar-refractivity contribution is 0.172. The molecule has 0 N–H and O–H groups in total. The molecule has 0 rings (SSSR count). The van der Waals surface area contributed by atoms with Crippen LogP contribution < -0.4 is 0 Å². The van der Waals surface area contributed by atoms with Gasteiger partial charge < -0.3 is 17.7 Å². The van der Waals surface area contributed by atoms with Crippen LogP contribution in [0.3, 0.4) is 0 Å². The van der Waals surface area contributed by atoms with E-state index in [0.717, 1.165) is 70.6 Å². The minimum atomic E-state index is -2.35. The molecule has 0 amide bonds. The number of hydrogen-bond donors (Lipinski definition) is 0. The quantitative estimate of drug-likeness (QED) is 0.294. The summed E-state index contributed by atoms with van der Waals surface area (Å²) in [6.07, 6.45) is 4.91. The zero-order chi connectivity index (χ0) is 19.0. The van der Waals surface area contributed by atoms with E-state index in [1.165, 1.54) is 0 Å². The van der Waals surface area contributed by atoms with Crippen LogP contribution in [0.25, 0.3) is 0 Å². The first kappa shape index (κ1) is 24.8. The van der Waals surface area contributed by atoms with Crippen molar-refractivity contribution in [3.05, 3.63) is 24.6 Å². The zero-order valence-corrected chi connectivity index (χ0v) is 19.0. The van der Waals surface area contributed by atoms with Gasteiger partial charge in [0.05, 0.1) is 0 Å². The van der Waals surface area contributed by atoms with Crippen molar-refractivity contribution < 1.29 is 17.7 Å². The Hall–Kier alpha value is -0.246. The van der Waals surface area contributed by atoms with Crippen LogP contribution in [0.15, 0.2) is 24.6 Å². The minimum absolute atomic E-state index is 0.727. The molecule has 0 aromatic heterocycles. The van der Waals surface area contributed by atoms with Crippen LogP contribution >= 0.6 is 0 Å². The zero-order valence-electron chi connectivity index (χ0n) is 17.0. The van der Waals surface area contributed by atoms with Crippen molar-refractivity contribution in [2.24, 2.45) is 0 Å². The molecule has 0 fully saturated rings. The summed E-state index contributed by atoms with van der Waals surface area (Å²) in [5, 5.41) is 0. The van der Waals surface area contributed by atoms with E-state index >= 15 is 0 Å². The molecule has 0 spiro atoms. The molecular weight excluding hydrogens is 348 g/mol. The molecule has 0 unspecified atom stereocenters. The Morgan fingerprint density at radius 3 is 1.08 bits per heavy atom. The topological polar surface area (TPSA) is 36.9 Å². The average Bonchev–Trinajstić information content (AvgIpc) is 2.65. The van der Waals surface area contributed by atoms with Crippen molar-refractivity contribution in [1.29, 1.82) is 0 Å². The Balaban J connectivity index is 4.88. The second kappa shape index (κ2) is 14.9. The van der Waals surface area contributed by atoms with Crippen LogP contribution in [0, 0.1) is 0 Å². The molecule has 148 valence electrons. The fourth-order valence-electron chi connectivity index (χ4n) is 2.49. The van der Waals surface area contributed by atoms with Crippen molar-refractivity contribution >= 4 is 17.1 Å². The van der Waals surface area contributed by atoms with Gasteiger partial charge in [0.2, 0.25) is 0 Å². The molecule has 25 heavy (non-hydrogen) atoms. The maximum atomic E-state index is 6.15. The smallest absolute Gasteiger partial charge is 0.364 e. The minimum Gasteiger partial charge on any atom is -0.391 e. The van der Waals surface area contributed by atoms with Gasteiger partial charge in [0.15, 0.2) is 0 Å². The van der Waals surface area contributed by atoms with Crippen molar-refractivity contribution in [2.45, 2.75) is 71.9 Å². The van der Waals surface area contributed by atoms with E-state index < -0.39 is 17.1 Å². The Morgan fingerprint density at radius 1 is 0.600 bits per heavy atom. The van der Waals surface area contributed by atoms with Crippen LogP contribution in [0.5, 0.6) is 0 Å². The summed E-state index contributed by atoms with van der Waals surface area (Å²) in [6, 6.07) is 1.79. The fourth-order valence-corrected chi connectivity index (χ4v) is 8.01. The van der Waals surface area contributed by atoms with Crippen LogP contribution in [0.2, 0.25) is 12.1 Å². The number of hydrogen-bond acceptors (Lipinski definition) is 4. The second-order valence-corrected chi connectivity index (χ2v) is 12.5. The van der Waals surface area contributed by atoms with Crippen molar-refractivity contribution in [3.8, 4) is 0 Å². The summed E-state index contributed by atoms with van der Waals surface area (Å²) in [7, 11) is -4.69. The van der Waals surface area contributed by atoms with E-state index in [9.17, 15) is 0 Å². The first-order valence-electron chi connectivity index (χ1n) is 9.90. The van der Waals surface area contributed by atoms with E-state index in [1.54, 1.807) is 0 Å². The number of rotatable bonds is 18. The van der Waals surface area contributed by atoms with Crippen LogP contribution in [0.4, 0.5) is 0 Å².